The molecule has 0 unspecified atom stereocenters. The number of benzene rings is 3. The van der Waals surface area contributed by atoms with E-state index < -0.39 is 11.6 Å². The first-order valence-electron chi connectivity index (χ1n) is 12.9. The Labute approximate surface area is 219 Å². The Morgan fingerprint density at radius 2 is 1.30 bits per heavy atom. The third-order valence-electron chi connectivity index (χ3n) is 6.54. The van der Waals surface area contributed by atoms with Gasteiger partial charge in [0.05, 0.1) is 6.61 Å². The van der Waals surface area contributed by atoms with Crippen molar-refractivity contribution >= 4 is 0 Å². The summed E-state index contributed by atoms with van der Waals surface area (Å²) in [4.78, 5) is 0. The molecule has 0 aromatic heterocycles. The number of hydrogen-bond donors (Lipinski definition) is 0. The third kappa shape index (κ3) is 6.90. The molecular weight excluding hydrogens is 468 g/mol. The normalized spacial score (nSPS) is 24.2. The predicted octanol–water partition coefficient (Wildman–Crippen LogP) is 5.91. The van der Waals surface area contributed by atoms with Crippen LogP contribution in [0, 0.1) is 0 Å². The number of rotatable bonds is 9. The topological polar surface area (TPSA) is 55.4 Å². The molecule has 3 atom stereocenters. The molecule has 0 bridgehead atoms. The summed E-state index contributed by atoms with van der Waals surface area (Å²) in [7, 11) is 0. The zero-order chi connectivity index (χ0) is 25.9. The highest BCUT2D eigenvalue weighted by atomic mass is 16.8. The molecule has 5 rings (SSSR count). The van der Waals surface area contributed by atoms with Gasteiger partial charge in [0.15, 0.2) is 11.6 Å². The van der Waals surface area contributed by atoms with Crippen molar-refractivity contribution in [2.24, 2.45) is 0 Å². The minimum atomic E-state index is -0.694. The van der Waals surface area contributed by atoms with E-state index >= 15 is 0 Å². The van der Waals surface area contributed by atoms with Crippen molar-refractivity contribution in [3.63, 3.8) is 0 Å². The molecule has 0 radical (unpaired) electrons. The summed E-state index contributed by atoms with van der Waals surface area (Å²) in [6, 6.07) is 26.6. The maximum absolute atomic E-state index is 6.14. The van der Waals surface area contributed by atoms with Gasteiger partial charge in [-0.1, -0.05) is 54.6 Å². The van der Waals surface area contributed by atoms with Gasteiger partial charge in [0.25, 0.3) is 0 Å². The van der Waals surface area contributed by atoms with E-state index in [2.05, 4.69) is 36.4 Å². The molecule has 6 heteroatoms. The van der Waals surface area contributed by atoms with Gasteiger partial charge >= 0.3 is 0 Å². The fraction of sp³-hybridized carbons (Fsp3) is 0.419. The molecule has 2 aliphatic rings. The lowest BCUT2D eigenvalue weighted by Gasteiger charge is -2.23. The Morgan fingerprint density at radius 1 is 0.676 bits per heavy atom. The summed E-state index contributed by atoms with van der Waals surface area (Å²) in [5, 5.41) is 0. The van der Waals surface area contributed by atoms with Crippen molar-refractivity contribution in [1.82, 2.24) is 0 Å². The smallest absolute Gasteiger partial charge is 0.164 e. The minimum absolute atomic E-state index is 0.192. The van der Waals surface area contributed by atoms with Gasteiger partial charge in [-0.25, -0.2) is 0 Å². The molecule has 0 spiro atoms. The first-order valence-corrected chi connectivity index (χ1v) is 12.9. The predicted molar refractivity (Wildman–Crippen MR) is 141 cm³/mol. The van der Waals surface area contributed by atoms with Crippen LogP contribution in [0.3, 0.4) is 0 Å². The molecule has 0 saturated carbocycles. The van der Waals surface area contributed by atoms with Crippen molar-refractivity contribution in [2.45, 2.75) is 70.6 Å². The second-order valence-electron chi connectivity index (χ2n) is 10.6. The van der Waals surface area contributed by atoms with Gasteiger partial charge in [0.1, 0.15) is 43.0 Å². The number of ether oxygens (including phenoxy) is 6. The van der Waals surface area contributed by atoms with Crippen LogP contribution in [0.25, 0.3) is 0 Å². The van der Waals surface area contributed by atoms with Gasteiger partial charge in [-0.05, 0) is 75.1 Å². The average Bonchev–Trinajstić information content (AvgIpc) is 3.41. The standard InChI is InChI=1S/C31H36O6/c1-30(2)34-21-28(35-30)29-27(36-31(3,4)37-29)20-33-26-16-12-23(13-17-26)18-22-10-14-25(15-11-22)32-19-24-8-6-5-7-9-24/h5-17,27-29H,18-21H2,1-4H3/t27-,28-,29+/m1/s1. The highest BCUT2D eigenvalue weighted by molar-refractivity contribution is 5.34. The Bertz CT molecular complexity index is 1140. The Kier molecular flexibility index (Phi) is 7.54. The highest BCUT2D eigenvalue weighted by Gasteiger charge is 2.50. The molecule has 196 valence electrons. The largest absolute Gasteiger partial charge is 0.491 e. The Hall–Kier alpha value is -2.90. The molecule has 2 heterocycles. The molecule has 2 aliphatic heterocycles. The van der Waals surface area contributed by atoms with Crippen molar-refractivity contribution in [3.05, 3.63) is 95.6 Å². The molecule has 3 aromatic rings. The van der Waals surface area contributed by atoms with Crippen LogP contribution in [0.2, 0.25) is 0 Å². The van der Waals surface area contributed by atoms with Crippen LogP contribution in [0.15, 0.2) is 78.9 Å². The van der Waals surface area contributed by atoms with E-state index in [9.17, 15) is 0 Å². The monoisotopic (exact) mass is 504 g/mol. The molecule has 0 amide bonds. The highest BCUT2D eigenvalue weighted by Crippen LogP contribution is 2.35. The first-order chi connectivity index (χ1) is 17.7. The molecule has 0 N–H and O–H groups in total. The van der Waals surface area contributed by atoms with Gasteiger partial charge in [-0.2, -0.15) is 0 Å². The molecule has 2 fully saturated rings. The van der Waals surface area contributed by atoms with Gasteiger partial charge < -0.3 is 28.4 Å². The lowest BCUT2D eigenvalue weighted by atomic mass is 10.0. The molecular formula is C31H36O6. The summed E-state index contributed by atoms with van der Waals surface area (Å²) in [6.45, 7) is 9.07. The maximum Gasteiger partial charge on any atom is 0.164 e. The van der Waals surface area contributed by atoms with Crippen molar-refractivity contribution in [2.75, 3.05) is 13.2 Å². The van der Waals surface area contributed by atoms with Crippen LogP contribution in [0.4, 0.5) is 0 Å². The summed E-state index contributed by atoms with van der Waals surface area (Å²) < 4.78 is 36.0. The fourth-order valence-electron chi connectivity index (χ4n) is 4.75. The van der Waals surface area contributed by atoms with E-state index in [0.717, 1.165) is 23.5 Å². The van der Waals surface area contributed by atoms with E-state index in [1.807, 2.05) is 70.2 Å². The molecule has 2 saturated heterocycles. The van der Waals surface area contributed by atoms with Gasteiger partial charge in [0, 0.05) is 0 Å². The molecule has 0 aliphatic carbocycles. The van der Waals surface area contributed by atoms with Crippen molar-refractivity contribution in [1.29, 1.82) is 0 Å². The SMILES string of the molecule is CC1(C)OC[C@H]([C@H]2OC(C)(C)O[C@@H]2COc2ccc(Cc3ccc(OCc4ccccc4)cc3)cc2)O1. The second kappa shape index (κ2) is 10.8. The van der Waals surface area contributed by atoms with E-state index in [4.69, 9.17) is 28.4 Å². The lowest BCUT2D eigenvalue weighted by molar-refractivity contribution is -0.174. The van der Waals surface area contributed by atoms with E-state index in [0.29, 0.717) is 19.8 Å². The summed E-state index contributed by atoms with van der Waals surface area (Å²) in [6.07, 6.45) is 0.141. The minimum Gasteiger partial charge on any atom is -0.491 e. The van der Waals surface area contributed by atoms with Gasteiger partial charge in [-0.3, -0.25) is 0 Å². The van der Waals surface area contributed by atoms with Crippen LogP contribution in [-0.2, 0) is 32.0 Å². The van der Waals surface area contributed by atoms with Crippen LogP contribution in [0.1, 0.15) is 44.4 Å². The van der Waals surface area contributed by atoms with Gasteiger partial charge in [0.2, 0.25) is 0 Å². The van der Waals surface area contributed by atoms with E-state index in [1.54, 1.807) is 0 Å². The quantitative estimate of drug-likeness (QED) is 0.361. The van der Waals surface area contributed by atoms with Gasteiger partial charge in [-0.15, -0.1) is 0 Å². The lowest BCUT2D eigenvalue weighted by Crippen LogP contribution is -2.40. The summed E-state index contributed by atoms with van der Waals surface area (Å²) >= 11 is 0. The van der Waals surface area contributed by atoms with E-state index in [1.165, 1.54) is 11.1 Å². The Balaban J connectivity index is 1.12. The zero-order valence-electron chi connectivity index (χ0n) is 22.0. The van der Waals surface area contributed by atoms with Crippen molar-refractivity contribution < 1.29 is 28.4 Å². The summed E-state index contributed by atoms with van der Waals surface area (Å²) in [5.41, 5.74) is 3.59. The maximum atomic E-state index is 6.14. The second-order valence-corrected chi connectivity index (χ2v) is 10.6. The van der Waals surface area contributed by atoms with Crippen LogP contribution >= 0.6 is 0 Å². The Morgan fingerprint density at radius 3 is 1.89 bits per heavy atom. The zero-order valence-corrected chi connectivity index (χ0v) is 22.0. The average molecular weight is 505 g/mol. The van der Waals surface area contributed by atoms with Crippen molar-refractivity contribution in [3.8, 4) is 11.5 Å². The van der Waals surface area contributed by atoms with E-state index in [-0.39, 0.29) is 18.3 Å². The van der Waals surface area contributed by atoms with Crippen LogP contribution in [0.5, 0.6) is 11.5 Å². The molecule has 6 nitrogen and oxygen atoms in total. The molecule has 3 aromatic carbocycles. The van der Waals surface area contributed by atoms with Crippen LogP contribution in [-0.4, -0.2) is 43.1 Å². The first kappa shape index (κ1) is 25.7. The third-order valence-corrected chi connectivity index (χ3v) is 6.54. The summed E-state index contributed by atoms with van der Waals surface area (Å²) in [5.74, 6) is 0.358. The van der Waals surface area contributed by atoms with Crippen LogP contribution < -0.4 is 9.47 Å². The number of hydrogen-bond acceptors (Lipinski definition) is 6. The molecule has 37 heavy (non-hydrogen) atoms. The fourth-order valence-corrected chi connectivity index (χ4v) is 4.75.